The fourth-order valence-corrected chi connectivity index (χ4v) is 1.83. The van der Waals surface area contributed by atoms with Crippen molar-refractivity contribution in [3.63, 3.8) is 0 Å². The second kappa shape index (κ2) is 4.19. The van der Waals surface area contributed by atoms with Gasteiger partial charge >= 0.3 is 0 Å². The van der Waals surface area contributed by atoms with Crippen molar-refractivity contribution in [1.82, 2.24) is 0 Å². The Labute approximate surface area is 92.5 Å². The van der Waals surface area contributed by atoms with Gasteiger partial charge in [0, 0.05) is 30.3 Å². The number of anilines is 1. The predicted octanol–water partition coefficient (Wildman–Crippen LogP) is 0.382. The Kier molecular flexibility index (Phi) is 2.89. The van der Waals surface area contributed by atoms with Crippen LogP contribution >= 0.6 is 0 Å². The first-order valence-corrected chi connectivity index (χ1v) is 5.07. The fraction of sp³-hybridized carbons (Fsp3) is 0.364. The molecule has 0 spiro atoms. The molecule has 1 aromatic carbocycles. The molecule has 4 nitrogen and oxygen atoms in total. The van der Waals surface area contributed by atoms with E-state index in [1.165, 1.54) is 23.1 Å². The summed E-state index contributed by atoms with van der Waals surface area (Å²) in [5.74, 6) is -0.537. The smallest absolute Gasteiger partial charge is 0.228 e. The monoisotopic (exact) mass is 224 g/mol. The van der Waals surface area contributed by atoms with Crippen LogP contribution in [0.1, 0.15) is 12.0 Å². The van der Waals surface area contributed by atoms with Crippen LogP contribution in [0.2, 0.25) is 0 Å². The van der Waals surface area contributed by atoms with Gasteiger partial charge in [0.1, 0.15) is 5.82 Å². The summed E-state index contributed by atoms with van der Waals surface area (Å²) in [4.78, 5) is 13.1. The standard InChI is InChI=1S/C11H13FN2O2/c12-10-2-1-9(3-7(10)6-15)14-5-8(13)4-11(14)16/h1-3,8,15H,4-6,13H2. The minimum atomic E-state index is -0.470. The maximum Gasteiger partial charge on any atom is 0.228 e. The van der Waals surface area contributed by atoms with Gasteiger partial charge in [-0.1, -0.05) is 0 Å². The number of aliphatic hydroxyl groups is 1. The van der Waals surface area contributed by atoms with Crippen molar-refractivity contribution in [2.45, 2.75) is 19.1 Å². The van der Waals surface area contributed by atoms with Gasteiger partial charge in [-0.05, 0) is 18.2 Å². The van der Waals surface area contributed by atoms with Crippen molar-refractivity contribution in [1.29, 1.82) is 0 Å². The number of nitrogens with zero attached hydrogens (tertiary/aromatic N) is 1. The van der Waals surface area contributed by atoms with Crippen molar-refractivity contribution in [2.24, 2.45) is 5.73 Å². The molecule has 0 radical (unpaired) electrons. The molecule has 1 aromatic rings. The summed E-state index contributed by atoms with van der Waals surface area (Å²) in [5.41, 5.74) is 6.44. The summed E-state index contributed by atoms with van der Waals surface area (Å²) in [6, 6.07) is 4.07. The van der Waals surface area contributed by atoms with Gasteiger partial charge in [-0.15, -0.1) is 0 Å². The van der Waals surface area contributed by atoms with Crippen molar-refractivity contribution < 1.29 is 14.3 Å². The molecule has 2 rings (SSSR count). The lowest BCUT2D eigenvalue weighted by molar-refractivity contribution is -0.117. The van der Waals surface area contributed by atoms with Crippen molar-refractivity contribution in [3.05, 3.63) is 29.6 Å². The van der Waals surface area contributed by atoms with E-state index in [-0.39, 0.29) is 24.1 Å². The topological polar surface area (TPSA) is 66.6 Å². The quantitative estimate of drug-likeness (QED) is 0.763. The summed E-state index contributed by atoms with van der Waals surface area (Å²) in [7, 11) is 0. The third-order valence-corrected chi connectivity index (χ3v) is 2.67. The van der Waals surface area contributed by atoms with Gasteiger partial charge in [-0.3, -0.25) is 4.79 Å². The highest BCUT2D eigenvalue weighted by Crippen LogP contribution is 2.23. The summed E-state index contributed by atoms with van der Waals surface area (Å²) in [5, 5.41) is 8.94. The van der Waals surface area contributed by atoms with Gasteiger partial charge < -0.3 is 15.7 Å². The second-order valence-electron chi connectivity index (χ2n) is 3.90. The molecule has 0 bridgehead atoms. The molecule has 1 unspecified atom stereocenters. The highest BCUT2D eigenvalue weighted by molar-refractivity contribution is 5.96. The number of nitrogens with two attached hydrogens (primary N) is 1. The molecule has 0 aromatic heterocycles. The van der Waals surface area contributed by atoms with Crippen LogP contribution in [0, 0.1) is 5.82 Å². The van der Waals surface area contributed by atoms with Crippen LogP contribution in [-0.2, 0) is 11.4 Å². The Hall–Kier alpha value is -1.46. The highest BCUT2D eigenvalue weighted by atomic mass is 19.1. The number of aliphatic hydroxyl groups excluding tert-OH is 1. The van der Waals surface area contributed by atoms with E-state index < -0.39 is 5.82 Å². The van der Waals surface area contributed by atoms with Crippen LogP contribution in [0.5, 0.6) is 0 Å². The van der Waals surface area contributed by atoms with Gasteiger partial charge in [0.2, 0.25) is 5.91 Å². The van der Waals surface area contributed by atoms with Crippen molar-refractivity contribution in [3.8, 4) is 0 Å². The average molecular weight is 224 g/mol. The molecule has 0 saturated carbocycles. The number of halogens is 1. The molecule has 16 heavy (non-hydrogen) atoms. The maximum absolute atomic E-state index is 13.1. The van der Waals surface area contributed by atoms with E-state index in [9.17, 15) is 9.18 Å². The molecule has 1 amide bonds. The molecule has 3 N–H and O–H groups in total. The zero-order valence-electron chi connectivity index (χ0n) is 8.69. The number of benzene rings is 1. The SMILES string of the molecule is NC1CC(=O)N(c2ccc(F)c(CO)c2)C1. The van der Waals surface area contributed by atoms with E-state index in [1.54, 1.807) is 0 Å². The first kappa shape index (κ1) is 11.0. The summed E-state index contributed by atoms with van der Waals surface area (Å²) in [6.07, 6.45) is 0.311. The molecule has 1 saturated heterocycles. The van der Waals surface area contributed by atoms with Gasteiger partial charge in [-0.2, -0.15) is 0 Å². The number of carbonyl (C=O) groups excluding carboxylic acids is 1. The minimum absolute atomic E-state index is 0.0667. The molecule has 1 fully saturated rings. The van der Waals surface area contributed by atoms with Gasteiger partial charge in [0.05, 0.1) is 6.61 Å². The van der Waals surface area contributed by atoms with E-state index in [4.69, 9.17) is 10.8 Å². The summed E-state index contributed by atoms with van der Waals surface area (Å²) < 4.78 is 13.1. The van der Waals surface area contributed by atoms with Gasteiger partial charge in [0.15, 0.2) is 0 Å². The molecule has 1 aliphatic rings. The van der Waals surface area contributed by atoms with E-state index >= 15 is 0 Å². The predicted molar refractivity (Wildman–Crippen MR) is 57.3 cm³/mol. The Balaban J connectivity index is 2.30. The van der Waals surface area contributed by atoms with Crippen molar-refractivity contribution >= 4 is 11.6 Å². The minimum Gasteiger partial charge on any atom is -0.392 e. The molecule has 86 valence electrons. The molecule has 1 heterocycles. The van der Waals surface area contributed by atoms with Crippen LogP contribution in [0.15, 0.2) is 18.2 Å². The molecular formula is C11H13FN2O2. The Morgan fingerprint density at radius 2 is 2.31 bits per heavy atom. The highest BCUT2D eigenvalue weighted by Gasteiger charge is 2.28. The van der Waals surface area contributed by atoms with Crippen LogP contribution in [0.4, 0.5) is 10.1 Å². The second-order valence-corrected chi connectivity index (χ2v) is 3.90. The van der Waals surface area contributed by atoms with Gasteiger partial charge in [0.25, 0.3) is 0 Å². The van der Waals surface area contributed by atoms with E-state index in [0.717, 1.165) is 0 Å². The average Bonchev–Trinajstić information content (AvgIpc) is 2.59. The third kappa shape index (κ3) is 1.91. The lowest BCUT2D eigenvalue weighted by Gasteiger charge is -2.17. The lowest BCUT2D eigenvalue weighted by Crippen LogP contribution is -2.28. The lowest BCUT2D eigenvalue weighted by atomic mass is 10.2. The number of carbonyl (C=O) groups is 1. The van der Waals surface area contributed by atoms with E-state index in [1.807, 2.05) is 0 Å². The molecule has 0 aliphatic carbocycles. The molecule has 1 atom stereocenters. The Morgan fingerprint density at radius 1 is 1.56 bits per heavy atom. The number of hydrogen-bond donors (Lipinski definition) is 2. The Morgan fingerprint density at radius 3 is 2.88 bits per heavy atom. The normalized spacial score (nSPS) is 20.6. The summed E-state index contributed by atoms with van der Waals surface area (Å²) in [6.45, 7) is 0.0586. The van der Waals surface area contributed by atoms with Gasteiger partial charge in [-0.25, -0.2) is 4.39 Å². The largest absolute Gasteiger partial charge is 0.392 e. The third-order valence-electron chi connectivity index (χ3n) is 2.67. The maximum atomic E-state index is 13.1. The van der Waals surface area contributed by atoms with Crippen LogP contribution in [0.3, 0.4) is 0 Å². The summed E-state index contributed by atoms with van der Waals surface area (Å²) >= 11 is 0. The molecular weight excluding hydrogens is 211 g/mol. The number of hydrogen-bond acceptors (Lipinski definition) is 3. The first-order chi connectivity index (χ1) is 7.61. The molecule has 5 heteroatoms. The number of rotatable bonds is 2. The van der Waals surface area contributed by atoms with E-state index in [0.29, 0.717) is 18.7 Å². The number of amides is 1. The van der Waals surface area contributed by atoms with Crippen LogP contribution in [-0.4, -0.2) is 23.6 Å². The zero-order chi connectivity index (χ0) is 11.7. The molecule has 1 aliphatic heterocycles. The van der Waals surface area contributed by atoms with Crippen LogP contribution < -0.4 is 10.6 Å². The first-order valence-electron chi connectivity index (χ1n) is 5.07. The zero-order valence-corrected chi connectivity index (χ0v) is 8.69. The van der Waals surface area contributed by atoms with E-state index in [2.05, 4.69) is 0 Å². The Bertz CT molecular complexity index is 422. The van der Waals surface area contributed by atoms with Crippen LogP contribution in [0.25, 0.3) is 0 Å². The van der Waals surface area contributed by atoms with Crippen molar-refractivity contribution in [2.75, 3.05) is 11.4 Å². The fourth-order valence-electron chi connectivity index (χ4n) is 1.83.